The number of sulfonamides is 1. The van der Waals surface area contributed by atoms with Crippen molar-refractivity contribution < 1.29 is 13.2 Å². The van der Waals surface area contributed by atoms with Crippen LogP contribution in [0.3, 0.4) is 0 Å². The fraction of sp³-hybridized carbons (Fsp3) is 0.538. The van der Waals surface area contributed by atoms with Gasteiger partial charge in [-0.15, -0.1) is 11.6 Å². The zero-order valence-corrected chi connectivity index (χ0v) is 12.9. The second-order valence-corrected chi connectivity index (χ2v) is 6.53. The van der Waals surface area contributed by atoms with Crippen LogP contribution in [0.15, 0.2) is 29.2 Å². The third-order valence-corrected chi connectivity index (χ3v) is 4.83. The Kier molecular flexibility index (Phi) is 6.79. The molecule has 0 heterocycles. The van der Waals surface area contributed by atoms with Crippen molar-refractivity contribution in [2.45, 2.75) is 18.2 Å². The second kappa shape index (κ2) is 7.85. The van der Waals surface area contributed by atoms with Gasteiger partial charge in [-0.05, 0) is 31.0 Å². The van der Waals surface area contributed by atoms with Crippen LogP contribution in [0.4, 0.5) is 0 Å². The Bertz CT molecular complexity index is 473. The first kappa shape index (κ1) is 16.4. The van der Waals surface area contributed by atoms with Gasteiger partial charge in [0.05, 0.1) is 11.5 Å². The van der Waals surface area contributed by atoms with Gasteiger partial charge in [0.25, 0.3) is 0 Å². The van der Waals surface area contributed by atoms with E-state index in [0.29, 0.717) is 30.5 Å². The number of hydrogen-bond donors (Lipinski definition) is 0. The van der Waals surface area contributed by atoms with Crippen molar-refractivity contribution in [1.82, 2.24) is 4.31 Å². The third-order valence-electron chi connectivity index (χ3n) is 2.77. The van der Waals surface area contributed by atoms with E-state index in [1.807, 2.05) is 6.92 Å². The first-order chi connectivity index (χ1) is 9.02. The summed E-state index contributed by atoms with van der Waals surface area (Å²) in [5.74, 6) is 0.528. The Morgan fingerprint density at radius 1 is 1.26 bits per heavy atom. The lowest BCUT2D eigenvalue weighted by atomic mass is 10.2. The predicted molar refractivity (Wildman–Crippen MR) is 77.2 cm³/mol. The highest BCUT2D eigenvalue weighted by Gasteiger charge is 2.20. The topological polar surface area (TPSA) is 46.6 Å². The van der Waals surface area contributed by atoms with Gasteiger partial charge in [-0.2, -0.15) is 4.31 Å². The molecule has 0 saturated carbocycles. The maximum absolute atomic E-state index is 12.2. The molecule has 0 aliphatic rings. The molecule has 6 heteroatoms. The molecule has 0 bridgehead atoms. The Hall–Kier alpha value is -0.620. The van der Waals surface area contributed by atoms with Crippen molar-refractivity contribution in [2.24, 2.45) is 0 Å². The normalized spacial score (nSPS) is 12.0. The Labute approximate surface area is 120 Å². The Morgan fingerprint density at radius 2 is 1.89 bits per heavy atom. The monoisotopic (exact) mass is 305 g/mol. The fourth-order valence-corrected chi connectivity index (χ4v) is 2.95. The van der Waals surface area contributed by atoms with E-state index in [0.717, 1.165) is 12.0 Å². The minimum Gasteiger partial charge on any atom is -0.380 e. The first-order valence-electron chi connectivity index (χ1n) is 6.21. The second-order valence-electron chi connectivity index (χ2n) is 4.11. The molecule has 0 unspecified atom stereocenters. The number of halogens is 1. The standard InChI is InChI=1S/C13H20ClNO3S/c1-3-18-11-10-15(2)19(16,17)13-6-4-12(5-7-13)8-9-14/h4-7H,3,8-11H2,1-2H3. The van der Waals surface area contributed by atoms with Crippen molar-refractivity contribution in [3.63, 3.8) is 0 Å². The van der Waals surface area contributed by atoms with Gasteiger partial charge in [0.15, 0.2) is 0 Å². The maximum atomic E-state index is 12.2. The van der Waals surface area contributed by atoms with E-state index in [9.17, 15) is 8.42 Å². The van der Waals surface area contributed by atoms with Crippen molar-refractivity contribution in [1.29, 1.82) is 0 Å². The number of rotatable bonds is 8. The number of likely N-dealkylation sites (N-methyl/N-ethyl adjacent to an activating group) is 1. The summed E-state index contributed by atoms with van der Waals surface area (Å²) < 4.78 is 30.9. The average molecular weight is 306 g/mol. The smallest absolute Gasteiger partial charge is 0.242 e. The van der Waals surface area contributed by atoms with E-state index in [4.69, 9.17) is 16.3 Å². The zero-order valence-electron chi connectivity index (χ0n) is 11.3. The number of nitrogens with zero attached hydrogens (tertiary/aromatic N) is 1. The van der Waals surface area contributed by atoms with Gasteiger partial charge in [-0.3, -0.25) is 0 Å². The molecule has 0 spiro atoms. The number of alkyl halides is 1. The van der Waals surface area contributed by atoms with E-state index >= 15 is 0 Å². The van der Waals surface area contributed by atoms with Gasteiger partial charge in [0.1, 0.15) is 0 Å². The summed E-state index contributed by atoms with van der Waals surface area (Å²) in [6.45, 7) is 3.21. The van der Waals surface area contributed by atoms with E-state index < -0.39 is 10.0 Å². The minimum atomic E-state index is -3.43. The molecule has 0 saturated heterocycles. The largest absolute Gasteiger partial charge is 0.380 e. The van der Waals surface area contributed by atoms with E-state index in [2.05, 4.69) is 0 Å². The SMILES string of the molecule is CCOCCN(C)S(=O)(=O)c1ccc(CCCl)cc1. The summed E-state index contributed by atoms with van der Waals surface area (Å²) in [7, 11) is -1.87. The van der Waals surface area contributed by atoms with Crippen LogP contribution in [0.25, 0.3) is 0 Å². The third kappa shape index (κ3) is 4.76. The highest BCUT2D eigenvalue weighted by molar-refractivity contribution is 7.89. The summed E-state index contributed by atoms with van der Waals surface area (Å²) in [4.78, 5) is 0.296. The van der Waals surface area contributed by atoms with Crippen LogP contribution >= 0.6 is 11.6 Å². The van der Waals surface area contributed by atoms with E-state index in [-0.39, 0.29) is 0 Å². The van der Waals surface area contributed by atoms with Crippen molar-refractivity contribution in [3.8, 4) is 0 Å². The number of ether oxygens (including phenoxy) is 1. The van der Waals surface area contributed by atoms with Crippen LogP contribution in [-0.4, -0.2) is 45.4 Å². The van der Waals surface area contributed by atoms with Crippen LogP contribution < -0.4 is 0 Å². The molecule has 0 N–H and O–H groups in total. The molecule has 0 fully saturated rings. The molecule has 0 radical (unpaired) electrons. The summed E-state index contributed by atoms with van der Waals surface area (Å²) in [5, 5.41) is 0. The fourth-order valence-electron chi connectivity index (χ4n) is 1.57. The molecular formula is C13H20ClNO3S. The van der Waals surface area contributed by atoms with E-state index in [1.54, 1.807) is 31.3 Å². The molecule has 0 aliphatic carbocycles. The molecule has 1 aromatic rings. The molecule has 108 valence electrons. The molecule has 1 rings (SSSR count). The van der Waals surface area contributed by atoms with Gasteiger partial charge < -0.3 is 4.74 Å². The quantitative estimate of drug-likeness (QED) is 0.546. The zero-order chi connectivity index (χ0) is 14.3. The first-order valence-corrected chi connectivity index (χ1v) is 8.18. The summed E-state index contributed by atoms with van der Waals surface area (Å²) in [6, 6.07) is 6.83. The van der Waals surface area contributed by atoms with Crippen molar-refractivity contribution >= 4 is 21.6 Å². The van der Waals surface area contributed by atoms with Crippen LogP contribution in [0.2, 0.25) is 0 Å². The highest BCUT2D eigenvalue weighted by Crippen LogP contribution is 2.15. The lowest BCUT2D eigenvalue weighted by Crippen LogP contribution is -2.30. The lowest BCUT2D eigenvalue weighted by Gasteiger charge is -2.17. The minimum absolute atomic E-state index is 0.296. The predicted octanol–water partition coefficient (Wildman–Crippen LogP) is 2.12. The van der Waals surface area contributed by atoms with Crippen LogP contribution in [-0.2, 0) is 21.2 Å². The van der Waals surface area contributed by atoms with Gasteiger partial charge in [0, 0.05) is 26.1 Å². The maximum Gasteiger partial charge on any atom is 0.242 e. The average Bonchev–Trinajstić information content (AvgIpc) is 2.40. The molecule has 0 atom stereocenters. The van der Waals surface area contributed by atoms with Crippen LogP contribution in [0, 0.1) is 0 Å². The molecule has 0 aromatic heterocycles. The van der Waals surface area contributed by atoms with Crippen LogP contribution in [0.5, 0.6) is 0 Å². The number of benzene rings is 1. The molecular weight excluding hydrogens is 286 g/mol. The lowest BCUT2D eigenvalue weighted by molar-refractivity contribution is 0.138. The molecule has 4 nitrogen and oxygen atoms in total. The molecule has 0 amide bonds. The Morgan fingerprint density at radius 3 is 2.42 bits per heavy atom. The summed E-state index contributed by atoms with van der Waals surface area (Å²) in [5.41, 5.74) is 1.03. The molecule has 19 heavy (non-hydrogen) atoms. The van der Waals surface area contributed by atoms with Gasteiger partial charge in [-0.1, -0.05) is 12.1 Å². The van der Waals surface area contributed by atoms with Gasteiger partial charge in [0.2, 0.25) is 10.0 Å². The summed E-state index contributed by atoms with van der Waals surface area (Å²) in [6.07, 6.45) is 0.738. The van der Waals surface area contributed by atoms with Crippen LogP contribution in [0.1, 0.15) is 12.5 Å². The van der Waals surface area contributed by atoms with Crippen molar-refractivity contribution in [3.05, 3.63) is 29.8 Å². The molecule has 0 aliphatic heterocycles. The summed E-state index contributed by atoms with van der Waals surface area (Å²) >= 11 is 5.65. The van der Waals surface area contributed by atoms with Gasteiger partial charge in [-0.25, -0.2) is 8.42 Å². The van der Waals surface area contributed by atoms with Crippen molar-refractivity contribution in [2.75, 3.05) is 32.7 Å². The number of hydrogen-bond acceptors (Lipinski definition) is 3. The molecule has 1 aromatic carbocycles. The van der Waals surface area contributed by atoms with E-state index in [1.165, 1.54) is 4.31 Å². The number of aryl methyl sites for hydroxylation is 1. The highest BCUT2D eigenvalue weighted by atomic mass is 35.5. The van der Waals surface area contributed by atoms with Gasteiger partial charge >= 0.3 is 0 Å². The Balaban J connectivity index is 2.75.